The summed E-state index contributed by atoms with van der Waals surface area (Å²) in [6, 6.07) is 8.68. The number of anilines is 1. The molecule has 120 valence electrons. The van der Waals surface area contributed by atoms with Gasteiger partial charge in [-0.25, -0.2) is 0 Å². The predicted octanol–water partition coefficient (Wildman–Crippen LogP) is 1.77. The molecule has 0 aliphatic carbocycles. The van der Waals surface area contributed by atoms with Crippen LogP contribution in [0, 0.1) is 6.92 Å². The van der Waals surface area contributed by atoms with E-state index in [0.29, 0.717) is 43.2 Å². The third-order valence-electron chi connectivity index (χ3n) is 4.08. The molecule has 0 radical (unpaired) electrons. The van der Waals surface area contributed by atoms with Crippen molar-refractivity contribution >= 4 is 17.5 Å². The predicted molar refractivity (Wildman–Crippen MR) is 86.1 cm³/mol. The van der Waals surface area contributed by atoms with Gasteiger partial charge < -0.3 is 20.0 Å². The number of carbonyl (C=O) groups is 2. The minimum Gasteiger partial charge on any atom is -0.459 e. The van der Waals surface area contributed by atoms with Gasteiger partial charge in [0.05, 0.1) is 6.26 Å². The van der Waals surface area contributed by atoms with Gasteiger partial charge in [0, 0.05) is 37.4 Å². The second-order valence-corrected chi connectivity index (χ2v) is 5.64. The van der Waals surface area contributed by atoms with Crippen LogP contribution in [0.25, 0.3) is 0 Å². The highest BCUT2D eigenvalue weighted by molar-refractivity contribution is 5.97. The molecule has 0 spiro atoms. The lowest BCUT2D eigenvalue weighted by Crippen LogP contribution is -2.50. The smallest absolute Gasteiger partial charge is 0.289 e. The fourth-order valence-electron chi connectivity index (χ4n) is 2.71. The molecule has 0 saturated carbocycles. The van der Waals surface area contributed by atoms with Crippen LogP contribution in [0.3, 0.4) is 0 Å². The van der Waals surface area contributed by atoms with Crippen LogP contribution in [0.2, 0.25) is 0 Å². The van der Waals surface area contributed by atoms with E-state index in [4.69, 9.17) is 10.2 Å². The molecule has 2 N–H and O–H groups in total. The minimum atomic E-state index is -0.137. The average molecular weight is 313 g/mol. The van der Waals surface area contributed by atoms with Crippen molar-refractivity contribution in [3.63, 3.8) is 0 Å². The number of nitrogens with two attached hydrogens (primary N) is 1. The van der Waals surface area contributed by atoms with E-state index in [0.717, 1.165) is 5.56 Å². The number of carbonyl (C=O) groups excluding carboxylic acids is 2. The lowest BCUT2D eigenvalue weighted by Gasteiger charge is -2.34. The van der Waals surface area contributed by atoms with Gasteiger partial charge in [0.1, 0.15) is 0 Å². The Morgan fingerprint density at radius 2 is 1.70 bits per heavy atom. The maximum atomic E-state index is 12.6. The Labute approximate surface area is 134 Å². The second-order valence-electron chi connectivity index (χ2n) is 5.64. The molecule has 0 bridgehead atoms. The molecule has 1 saturated heterocycles. The van der Waals surface area contributed by atoms with Gasteiger partial charge in [-0.15, -0.1) is 0 Å². The third kappa shape index (κ3) is 3.06. The van der Waals surface area contributed by atoms with Crippen molar-refractivity contribution in [2.45, 2.75) is 6.92 Å². The van der Waals surface area contributed by atoms with E-state index in [1.807, 2.05) is 13.0 Å². The SMILES string of the molecule is Cc1ccc(N)cc1C(=O)N1CCN(C(=O)c2ccco2)CC1. The van der Waals surface area contributed by atoms with Crippen molar-refractivity contribution in [3.05, 3.63) is 53.5 Å². The van der Waals surface area contributed by atoms with Crippen molar-refractivity contribution < 1.29 is 14.0 Å². The fraction of sp³-hybridized carbons (Fsp3) is 0.294. The molecule has 23 heavy (non-hydrogen) atoms. The summed E-state index contributed by atoms with van der Waals surface area (Å²) < 4.78 is 5.14. The van der Waals surface area contributed by atoms with Crippen LogP contribution in [-0.2, 0) is 0 Å². The number of furan rings is 1. The monoisotopic (exact) mass is 313 g/mol. The van der Waals surface area contributed by atoms with Gasteiger partial charge in [0.25, 0.3) is 11.8 Å². The van der Waals surface area contributed by atoms with Gasteiger partial charge in [0.2, 0.25) is 0 Å². The van der Waals surface area contributed by atoms with Crippen molar-refractivity contribution in [1.29, 1.82) is 0 Å². The summed E-state index contributed by atoms with van der Waals surface area (Å²) in [5, 5.41) is 0. The molecule has 6 nitrogen and oxygen atoms in total. The van der Waals surface area contributed by atoms with Gasteiger partial charge in [-0.3, -0.25) is 9.59 Å². The molecule has 2 aromatic rings. The first-order valence-electron chi connectivity index (χ1n) is 7.54. The Bertz CT molecular complexity index is 717. The topological polar surface area (TPSA) is 79.8 Å². The van der Waals surface area contributed by atoms with E-state index in [1.54, 1.807) is 34.1 Å². The zero-order chi connectivity index (χ0) is 16.4. The Hall–Kier alpha value is -2.76. The molecular formula is C17H19N3O3. The van der Waals surface area contributed by atoms with Crippen molar-refractivity contribution in [2.75, 3.05) is 31.9 Å². The Balaban J connectivity index is 1.66. The van der Waals surface area contributed by atoms with Crippen LogP contribution in [-0.4, -0.2) is 47.8 Å². The van der Waals surface area contributed by atoms with Crippen molar-refractivity contribution in [2.24, 2.45) is 0 Å². The van der Waals surface area contributed by atoms with Crippen LogP contribution in [0.1, 0.15) is 26.5 Å². The van der Waals surface area contributed by atoms with E-state index < -0.39 is 0 Å². The number of benzene rings is 1. The summed E-state index contributed by atoms with van der Waals surface area (Å²) in [6.45, 7) is 3.88. The zero-order valence-electron chi connectivity index (χ0n) is 13.0. The van der Waals surface area contributed by atoms with Gasteiger partial charge in [-0.05, 0) is 36.8 Å². The highest BCUT2D eigenvalue weighted by Gasteiger charge is 2.27. The zero-order valence-corrected chi connectivity index (χ0v) is 13.0. The van der Waals surface area contributed by atoms with E-state index in [1.165, 1.54) is 6.26 Å². The van der Waals surface area contributed by atoms with Crippen molar-refractivity contribution in [1.82, 2.24) is 9.80 Å². The summed E-state index contributed by atoms with van der Waals surface area (Å²) >= 11 is 0. The number of nitrogen functional groups attached to an aromatic ring is 1. The molecule has 2 amide bonds. The molecule has 1 aliphatic rings. The van der Waals surface area contributed by atoms with E-state index in [-0.39, 0.29) is 11.8 Å². The molecule has 1 aromatic carbocycles. The van der Waals surface area contributed by atoms with Gasteiger partial charge in [0.15, 0.2) is 5.76 Å². The Kier molecular flexibility index (Phi) is 4.06. The molecule has 1 aromatic heterocycles. The number of amides is 2. The molecule has 1 aliphatic heterocycles. The van der Waals surface area contributed by atoms with E-state index in [9.17, 15) is 9.59 Å². The Morgan fingerprint density at radius 3 is 2.30 bits per heavy atom. The maximum Gasteiger partial charge on any atom is 0.289 e. The number of nitrogens with zero attached hydrogens (tertiary/aromatic N) is 2. The molecule has 0 unspecified atom stereocenters. The largest absolute Gasteiger partial charge is 0.459 e. The first-order chi connectivity index (χ1) is 11.1. The molecule has 6 heteroatoms. The first kappa shape index (κ1) is 15.1. The van der Waals surface area contributed by atoms with Crippen molar-refractivity contribution in [3.8, 4) is 0 Å². The second kappa shape index (κ2) is 6.16. The molecule has 1 fully saturated rings. The molecule has 3 rings (SSSR count). The van der Waals surface area contributed by atoms with Crippen LogP contribution in [0.4, 0.5) is 5.69 Å². The summed E-state index contributed by atoms with van der Waals surface area (Å²) in [5.41, 5.74) is 7.87. The Morgan fingerprint density at radius 1 is 1.04 bits per heavy atom. The quantitative estimate of drug-likeness (QED) is 0.857. The van der Waals surface area contributed by atoms with E-state index in [2.05, 4.69) is 0 Å². The normalized spacial score (nSPS) is 14.8. The fourth-order valence-corrected chi connectivity index (χ4v) is 2.71. The van der Waals surface area contributed by atoms with Crippen LogP contribution in [0.5, 0.6) is 0 Å². The molecule has 2 heterocycles. The first-order valence-corrected chi connectivity index (χ1v) is 7.54. The lowest BCUT2D eigenvalue weighted by molar-refractivity contribution is 0.0518. The number of hydrogen-bond donors (Lipinski definition) is 1. The highest BCUT2D eigenvalue weighted by atomic mass is 16.3. The van der Waals surface area contributed by atoms with Crippen LogP contribution >= 0.6 is 0 Å². The summed E-state index contributed by atoms with van der Waals surface area (Å²) in [5.74, 6) is 0.151. The average Bonchev–Trinajstić information content (AvgIpc) is 3.10. The number of hydrogen-bond acceptors (Lipinski definition) is 4. The van der Waals surface area contributed by atoms with Crippen LogP contribution in [0.15, 0.2) is 41.0 Å². The van der Waals surface area contributed by atoms with E-state index >= 15 is 0 Å². The van der Waals surface area contributed by atoms with Gasteiger partial charge in [-0.1, -0.05) is 6.07 Å². The number of aryl methyl sites for hydroxylation is 1. The third-order valence-corrected chi connectivity index (χ3v) is 4.08. The summed E-state index contributed by atoms with van der Waals surface area (Å²) in [6.07, 6.45) is 1.48. The molecule has 0 atom stereocenters. The van der Waals surface area contributed by atoms with Crippen LogP contribution < -0.4 is 5.73 Å². The van der Waals surface area contributed by atoms with Gasteiger partial charge >= 0.3 is 0 Å². The number of rotatable bonds is 2. The minimum absolute atomic E-state index is 0.0418. The summed E-state index contributed by atoms with van der Waals surface area (Å²) in [4.78, 5) is 28.3. The number of piperazine rings is 1. The van der Waals surface area contributed by atoms with Gasteiger partial charge in [-0.2, -0.15) is 0 Å². The standard InChI is InChI=1S/C17H19N3O3/c1-12-4-5-13(18)11-14(12)16(21)19-6-8-20(9-7-19)17(22)15-3-2-10-23-15/h2-5,10-11H,6-9,18H2,1H3. The lowest BCUT2D eigenvalue weighted by atomic mass is 10.1. The molecular weight excluding hydrogens is 294 g/mol. The maximum absolute atomic E-state index is 12.6. The summed E-state index contributed by atoms with van der Waals surface area (Å²) in [7, 11) is 0. The highest BCUT2D eigenvalue weighted by Crippen LogP contribution is 2.17.